The molecule has 3 rings (SSSR count). The molecule has 0 radical (unpaired) electrons. The number of amides is 1. The second-order valence-electron chi connectivity index (χ2n) is 6.01. The van der Waals surface area contributed by atoms with Crippen molar-refractivity contribution in [3.05, 3.63) is 72.3 Å². The molecule has 0 bridgehead atoms. The van der Waals surface area contributed by atoms with Crippen LogP contribution in [0.25, 0.3) is 10.8 Å². The third-order valence-electron chi connectivity index (χ3n) is 4.12. The van der Waals surface area contributed by atoms with Crippen molar-refractivity contribution in [1.82, 2.24) is 0 Å². The standard InChI is InChI=1S/C21H20N2O3/c1-23(19-11-10-15-6-3-4-7-16(15)13-19)14-20(24)22-18-9-5-8-17(12-18)21(25)26-2/h3-13H,14H2,1-2H3,(H,22,24). The first-order valence-corrected chi connectivity index (χ1v) is 8.25. The fourth-order valence-electron chi connectivity index (χ4n) is 2.76. The van der Waals surface area contributed by atoms with Crippen LogP contribution < -0.4 is 10.2 Å². The molecule has 0 atom stereocenters. The number of methoxy groups -OCH3 is 1. The van der Waals surface area contributed by atoms with Crippen LogP contribution in [0.4, 0.5) is 11.4 Å². The maximum atomic E-state index is 12.3. The molecule has 0 aliphatic heterocycles. The van der Waals surface area contributed by atoms with Gasteiger partial charge in [-0.15, -0.1) is 0 Å². The maximum absolute atomic E-state index is 12.3. The molecule has 0 saturated heterocycles. The molecule has 5 heteroatoms. The zero-order chi connectivity index (χ0) is 18.5. The van der Waals surface area contributed by atoms with Crippen molar-refractivity contribution in [3.63, 3.8) is 0 Å². The Labute approximate surface area is 152 Å². The van der Waals surface area contributed by atoms with Gasteiger partial charge in [-0.05, 0) is 41.1 Å². The third kappa shape index (κ3) is 4.00. The molecule has 0 unspecified atom stereocenters. The van der Waals surface area contributed by atoms with E-state index in [1.165, 1.54) is 7.11 Å². The lowest BCUT2D eigenvalue weighted by Crippen LogP contribution is -2.30. The molecule has 3 aromatic rings. The lowest BCUT2D eigenvalue weighted by Gasteiger charge is -2.19. The van der Waals surface area contributed by atoms with E-state index >= 15 is 0 Å². The summed E-state index contributed by atoms with van der Waals surface area (Å²) in [4.78, 5) is 25.8. The van der Waals surface area contributed by atoms with Gasteiger partial charge in [-0.2, -0.15) is 0 Å². The highest BCUT2D eigenvalue weighted by Gasteiger charge is 2.10. The summed E-state index contributed by atoms with van der Waals surface area (Å²) in [5, 5.41) is 5.10. The average molecular weight is 348 g/mol. The number of carbonyl (C=O) groups is 2. The zero-order valence-electron chi connectivity index (χ0n) is 14.7. The Morgan fingerprint density at radius 2 is 1.73 bits per heavy atom. The van der Waals surface area contributed by atoms with Crippen molar-refractivity contribution in [1.29, 1.82) is 0 Å². The topological polar surface area (TPSA) is 58.6 Å². The number of nitrogens with one attached hydrogen (secondary N) is 1. The van der Waals surface area contributed by atoms with Crippen molar-refractivity contribution in [2.45, 2.75) is 0 Å². The first kappa shape index (κ1) is 17.5. The molecule has 0 aliphatic carbocycles. The number of carbonyl (C=O) groups excluding carboxylic acids is 2. The molecular formula is C21H20N2O3. The summed E-state index contributed by atoms with van der Waals surface area (Å²) in [6.45, 7) is 0.195. The van der Waals surface area contributed by atoms with E-state index in [-0.39, 0.29) is 12.5 Å². The van der Waals surface area contributed by atoms with Gasteiger partial charge in [0, 0.05) is 18.4 Å². The van der Waals surface area contributed by atoms with Crippen LogP contribution in [-0.4, -0.2) is 32.6 Å². The van der Waals surface area contributed by atoms with Crippen molar-refractivity contribution in [2.24, 2.45) is 0 Å². The Balaban J connectivity index is 1.68. The molecule has 0 heterocycles. The summed E-state index contributed by atoms with van der Waals surface area (Å²) in [5.74, 6) is -0.600. The monoisotopic (exact) mass is 348 g/mol. The summed E-state index contributed by atoms with van der Waals surface area (Å²) in [5.41, 5.74) is 1.92. The van der Waals surface area contributed by atoms with Gasteiger partial charge in [-0.25, -0.2) is 4.79 Å². The van der Waals surface area contributed by atoms with E-state index in [0.717, 1.165) is 16.5 Å². The molecule has 0 spiro atoms. The summed E-state index contributed by atoms with van der Waals surface area (Å²) in [7, 11) is 3.20. The van der Waals surface area contributed by atoms with E-state index in [1.807, 2.05) is 42.3 Å². The van der Waals surface area contributed by atoms with Crippen LogP contribution in [0.15, 0.2) is 66.7 Å². The van der Waals surface area contributed by atoms with E-state index in [9.17, 15) is 9.59 Å². The van der Waals surface area contributed by atoms with Crippen LogP contribution in [0, 0.1) is 0 Å². The summed E-state index contributed by atoms with van der Waals surface area (Å²) in [6, 6.07) is 20.9. The first-order valence-electron chi connectivity index (χ1n) is 8.25. The molecule has 1 amide bonds. The molecule has 0 aliphatic rings. The number of ether oxygens (including phenoxy) is 1. The van der Waals surface area contributed by atoms with E-state index in [1.54, 1.807) is 24.3 Å². The molecule has 1 N–H and O–H groups in total. The predicted octanol–water partition coefficient (Wildman–Crippen LogP) is 3.70. The molecule has 0 fully saturated rings. The van der Waals surface area contributed by atoms with Crippen molar-refractivity contribution >= 4 is 34.0 Å². The third-order valence-corrected chi connectivity index (χ3v) is 4.12. The predicted molar refractivity (Wildman–Crippen MR) is 104 cm³/mol. The second kappa shape index (κ2) is 7.70. The molecule has 0 aromatic heterocycles. The highest BCUT2D eigenvalue weighted by atomic mass is 16.5. The van der Waals surface area contributed by atoms with Crippen LogP contribution in [0.1, 0.15) is 10.4 Å². The minimum atomic E-state index is -0.436. The van der Waals surface area contributed by atoms with Gasteiger partial charge in [0.25, 0.3) is 0 Å². The summed E-state index contributed by atoms with van der Waals surface area (Å²) < 4.78 is 4.69. The number of benzene rings is 3. The number of anilines is 2. The van der Waals surface area contributed by atoms with Gasteiger partial charge in [0.05, 0.1) is 19.2 Å². The quantitative estimate of drug-likeness (QED) is 0.714. The Morgan fingerprint density at radius 1 is 0.962 bits per heavy atom. The van der Waals surface area contributed by atoms with Crippen LogP contribution in [0.3, 0.4) is 0 Å². The van der Waals surface area contributed by atoms with Crippen molar-refractivity contribution < 1.29 is 14.3 Å². The highest BCUT2D eigenvalue weighted by molar-refractivity contribution is 5.96. The van der Waals surface area contributed by atoms with Gasteiger partial charge in [0.1, 0.15) is 0 Å². The van der Waals surface area contributed by atoms with Crippen LogP contribution in [0.2, 0.25) is 0 Å². The van der Waals surface area contributed by atoms with Gasteiger partial charge in [-0.3, -0.25) is 4.79 Å². The number of esters is 1. The van der Waals surface area contributed by atoms with Crippen LogP contribution >= 0.6 is 0 Å². The van der Waals surface area contributed by atoms with Crippen molar-refractivity contribution in [2.75, 3.05) is 30.9 Å². The summed E-state index contributed by atoms with van der Waals surface area (Å²) in [6.07, 6.45) is 0. The van der Waals surface area contributed by atoms with Gasteiger partial charge in [0.15, 0.2) is 0 Å². The van der Waals surface area contributed by atoms with Crippen LogP contribution in [0.5, 0.6) is 0 Å². The van der Waals surface area contributed by atoms with E-state index in [4.69, 9.17) is 4.74 Å². The Kier molecular flexibility index (Phi) is 5.17. The van der Waals surface area contributed by atoms with Gasteiger partial charge >= 0.3 is 5.97 Å². The normalized spacial score (nSPS) is 10.4. The number of hydrogen-bond donors (Lipinski definition) is 1. The Hall–Kier alpha value is -3.34. The number of nitrogens with zero attached hydrogens (tertiary/aromatic N) is 1. The second-order valence-corrected chi connectivity index (χ2v) is 6.01. The summed E-state index contributed by atoms with van der Waals surface area (Å²) >= 11 is 0. The largest absolute Gasteiger partial charge is 0.465 e. The fraction of sp³-hybridized carbons (Fsp3) is 0.143. The lowest BCUT2D eigenvalue weighted by molar-refractivity contribution is -0.114. The number of fused-ring (bicyclic) bond motifs is 1. The average Bonchev–Trinajstić information content (AvgIpc) is 2.67. The molecule has 132 valence electrons. The smallest absolute Gasteiger partial charge is 0.337 e. The molecular weight excluding hydrogens is 328 g/mol. The minimum absolute atomic E-state index is 0.164. The number of rotatable bonds is 5. The van der Waals surface area contributed by atoms with Crippen LogP contribution in [-0.2, 0) is 9.53 Å². The lowest BCUT2D eigenvalue weighted by atomic mass is 10.1. The van der Waals surface area contributed by atoms with Gasteiger partial charge < -0.3 is 15.0 Å². The fourth-order valence-corrected chi connectivity index (χ4v) is 2.76. The molecule has 5 nitrogen and oxygen atoms in total. The molecule has 0 saturated carbocycles. The Bertz CT molecular complexity index is 953. The zero-order valence-corrected chi connectivity index (χ0v) is 14.7. The van der Waals surface area contributed by atoms with Crippen molar-refractivity contribution in [3.8, 4) is 0 Å². The maximum Gasteiger partial charge on any atom is 0.337 e. The van der Waals surface area contributed by atoms with E-state index < -0.39 is 5.97 Å². The molecule has 26 heavy (non-hydrogen) atoms. The van der Waals surface area contributed by atoms with Gasteiger partial charge in [0.2, 0.25) is 5.91 Å². The first-order chi connectivity index (χ1) is 12.6. The van der Waals surface area contributed by atoms with E-state index in [2.05, 4.69) is 17.4 Å². The number of hydrogen-bond acceptors (Lipinski definition) is 4. The van der Waals surface area contributed by atoms with E-state index in [0.29, 0.717) is 11.3 Å². The minimum Gasteiger partial charge on any atom is -0.465 e. The van der Waals surface area contributed by atoms with Gasteiger partial charge in [-0.1, -0.05) is 36.4 Å². The highest BCUT2D eigenvalue weighted by Crippen LogP contribution is 2.21. The molecule has 3 aromatic carbocycles. The number of likely N-dealkylation sites (N-methyl/N-ethyl adjacent to an activating group) is 1. The SMILES string of the molecule is COC(=O)c1cccc(NC(=O)CN(C)c2ccc3ccccc3c2)c1. The Morgan fingerprint density at radius 3 is 2.50 bits per heavy atom.